The molecule has 10 rings (SSSR count). The SMILES string of the molecule is c1ccc(-c2ccccc2N(c2ccc3ccccc3c2)c2cc3c(oc4cccc(-c5ccc6ccccc6c5)c43)c3ccccc23)cc1. The molecule has 0 saturated heterocycles. The molecule has 0 bridgehead atoms. The fourth-order valence-electron chi connectivity index (χ4n) is 7.67. The molecular weight excluding hydrogens is 607 g/mol. The van der Waals surface area contributed by atoms with E-state index in [0.29, 0.717) is 0 Å². The highest BCUT2D eigenvalue weighted by Crippen LogP contribution is 2.48. The number of para-hydroxylation sites is 1. The fourth-order valence-corrected chi connectivity index (χ4v) is 7.67. The molecule has 0 amide bonds. The summed E-state index contributed by atoms with van der Waals surface area (Å²) in [5.74, 6) is 0. The van der Waals surface area contributed by atoms with Crippen LogP contribution in [0.4, 0.5) is 17.1 Å². The Morgan fingerprint density at radius 2 is 1.00 bits per heavy atom. The molecule has 0 atom stereocenters. The van der Waals surface area contributed by atoms with E-state index in [0.717, 1.165) is 55.3 Å². The Labute approximate surface area is 290 Å². The molecule has 0 saturated carbocycles. The summed E-state index contributed by atoms with van der Waals surface area (Å²) in [5, 5.41) is 9.31. The summed E-state index contributed by atoms with van der Waals surface area (Å²) in [6.07, 6.45) is 0. The molecule has 0 spiro atoms. The number of fused-ring (bicyclic) bond motifs is 7. The van der Waals surface area contributed by atoms with Crippen LogP contribution in [0.2, 0.25) is 0 Å². The molecule has 0 aliphatic carbocycles. The third-order valence-corrected chi connectivity index (χ3v) is 10.0. The molecule has 50 heavy (non-hydrogen) atoms. The normalized spacial score (nSPS) is 11.6. The summed E-state index contributed by atoms with van der Waals surface area (Å²) in [4.78, 5) is 2.44. The van der Waals surface area contributed by atoms with Crippen LogP contribution in [0.5, 0.6) is 0 Å². The van der Waals surface area contributed by atoms with Crippen LogP contribution in [-0.4, -0.2) is 0 Å². The van der Waals surface area contributed by atoms with Crippen LogP contribution >= 0.6 is 0 Å². The van der Waals surface area contributed by atoms with Gasteiger partial charge in [-0.05, 0) is 74.6 Å². The van der Waals surface area contributed by atoms with Gasteiger partial charge in [0.1, 0.15) is 11.2 Å². The molecule has 10 aromatic rings. The van der Waals surface area contributed by atoms with Crippen molar-refractivity contribution in [2.45, 2.75) is 0 Å². The van der Waals surface area contributed by atoms with Crippen molar-refractivity contribution in [2.24, 2.45) is 0 Å². The second-order valence-corrected chi connectivity index (χ2v) is 12.9. The summed E-state index contributed by atoms with van der Waals surface area (Å²) in [6.45, 7) is 0. The van der Waals surface area contributed by atoms with Crippen molar-refractivity contribution in [1.82, 2.24) is 0 Å². The topological polar surface area (TPSA) is 16.4 Å². The molecule has 0 unspecified atom stereocenters. The number of hydrogen-bond acceptors (Lipinski definition) is 2. The van der Waals surface area contributed by atoms with Gasteiger partial charge in [0.2, 0.25) is 0 Å². The van der Waals surface area contributed by atoms with Gasteiger partial charge < -0.3 is 9.32 Å². The van der Waals surface area contributed by atoms with Crippen molar-refractivity contribution in [1.29, 1.82) is 0 Å². The summed E-state index contributed by atoms with van der Waals surface area (Å²) < 4.78 is 6.79. The highest BCUT2D eigenvalue weighted by molar-refractivity contribution is 6.23. The molecule has 2 heteroatoms. The quantitative estimate of drug-likeness (QED) is 0.187. The van der Waals surface area contributed by atoms with Gasteiger partial charge in [0.25, 0.3) is 0 Å². The van der Waals surface area contributed by atoms with E-state index in [1.54, 1.807) is 0 Å². The molecule has 234 valence electrons. The summed E-state index contributed by atoms with van der Waals surface area (Å²) in [7, 11) is 0. The first-order chi connectivity index (χ1) is 24.8. The number of nitrogens with zero attached hydrogens (tertiary/aromatic N) is 1. The second-order valence-electron chi connectivity index (χ2n) is 12.9. The number of hydrogen-bond donors (Lipinski definition) is 0. The van der Waals surface area contributed by atoms with Crippen molar-refractivity contribution in [2.75, 3.05) is 4.90 Å². The van der Waals surface area contributed by atoms with Gasteiger partial charge in [-0.2, -0.15) is 0 Å². The zero-order valence-electron chi connectivity index (χ0n) is 27.3. The smallest absolute Gasteiger partial charge is 0.143 e. The van der Waals surface area contributed by atoms with Crippen molar-refractivity contribution in [3.8, 4) is 22.3 Å². The predicted octanol–water partition coefficient (Wildman–Crippen LogP) is 13.8. The Morgan fingerprint density at radius 3 is 1.82 bits per heavy atom. The van der Waals surface area contributed by atoms with Gasteiger partial charge in [0.15, 0.2) is 0 Å². The van der Waals surface area contributed by atoms with Gasteiger partial charge >= 0.3 is 0 Å². The first-order valence-electron chi connectivity index (χ1n) is 17.1. The molecule has 0 aliphatic heterocycles. The highest BCUT2D eigenvalue weighted by atomic mass is 16.3. The maximum absolute atomic E-state index is 6.79. The number of rotatable bonds is 5. The van der Waals surface area contributed by atoms with Crippen LogP contribution in [0.25, 0.3) is 76.5 Å². The lowest BCUT2D eigenvalue weighted by atomic mass is 9.95. The standard InChI is InChI=1S/C48H31NO/c1-2-15-34(16-3-1)39-19-10-11-23-44(39)49(38-28-27-33-14-5-7-18-36(33)30-38)45-31-43-47-40(37-26-25-32-13-4-6-17-35(32)29-37)22-12-24-46(47)50-48(43)42-21-9-8-20-41(42)45/h1-31H. The molecule has 2 nitrogen and oxygen atoms in total. The lowest BCUT2D eigenvalue weighted by Crippen LogP contribution is -2.12. The van der Waals surface area contributed by atoms with E-state index in [9.17, 15) is 0 Å². The Hall–Kier alpha value is -6.64. The zero-order valence-corrected chi connectivity index (χ0v) is 27.3. The zero-order chi connectivity index (χ0) is 33.0. The molecule has 9 aromatic carbocycles. The lowest BCUT2D eigenvalue weighted by Gasteiger charge is -2.29. The van der Waals surface area contributed by atoms with Crippen LogP contribution in [0.1, 0.15) is 0 Å². The summed E-state index contributed by atoms with van der Waals surface area (Å²) >= 11 is 0. The average Bonchev–Trinajstić information content (AvgIpc) is 3.57. The van der Waals surface area contributed by atoms with E-state index in [2.05, 4.69) is 193 Å². The fraction of sp³-hybridized carbons (Fsp3) is 0. The minimum atomic E-state index is 0.884. The van der Waals surface area contributed by atoms with Gasteiger partial charge in [-0.25, -0.2) is 0 Å². The van der Waals surface area contributed by atoms with E-state index in [1.807, 2.05) is 0 Å². The lowest BCUT2D eigenvalue weighted by molar-refractivity contribution is 0.673. The largest absolute Gasteiger partial charge is 0.455 e. The Bertz CT molecular complexity index is 2880. The van der Waals surface area contributed by atoms with Gasteiger partial charge in [-0.1, -0.05) is 152 Å². The van der Waals surface area contributed by atoms with Crippen LogP contribution in [-0.2, 0) is 0 Å². The van der Waals surface area contributed by atoms with Gasteiger partial charge in [0.05, 0.1) is 11.4 Å². The average molecular weight is 638 g/mol. The van der Waals surface area contributed by atoms with Crippen LogP contribution in [0.15, 0.2) is 192 Å². The number of benzene rings is 9. The van der Waals surface area contributed by atoms with E-state index >= 15 is 0 Å². The second kappa shape index (κ2) is 11.5. The van der Waals surface area contributed by atoms with E-state index in [-0.39, 0.29) is 0 Å². The third-order valence-electron chi connectivity index (χ3n) is 10.0. The minimum absolute atomic E-state index is 0.884. The Balaban J connectivity index is 1.31. The third kappa shape index (κ3) is 4.57. The van der Waals surface area contributed by atoms with Gasteiger partial charge in [0, 0.05) is 32.8 Å². The minimum Gasteiger partial charge on any atom is -0.455 e. The predicted molar refractivity (Wildman–Crippen MR) is 212 cm³/mol. The molecule has 1 heterocycles. The van der Waals surface area contributed by atoms with Crippen LogP contribution < -0.4 is 4.90 Å². The molecule has 0 aliphatic rings. The van der Waals surface area contributed by atoms with Crippen molar-refractivity contribution < 1.29 is 4.42 Å². The van der Waals surface area contributed by atoms with Crippen LogP contribution in [0.3, 0.4) is 0 Å². The van der Waals surface area contributed by atoms with Gasteiger partial charge in [-0.15, -0.1) is 0 Å². The van der Waals surface area contributed by atoms with Crippen molar-refractivity contribution >= 4 is 71.3 Å². The summed E-state index contributed by atoms with van der Waals surface area (Å²) in [6, 6.07) is 67.5. The maximum atomic E-state index is 6.79. The first-order valence-corrected chi connectivity index (χ1v) is 17.1. The van der Waals surface area contributed by atoms with Crippen molar-refractivity contribution in [3.05, 3.63) is 188 Å². The van der Waals surface area contributed by atoms with Crippen LogP contribution in [0, 0.1) is 0 Å². The Kier molecular flexibility index (Phi) is 6.53. The Morgan fingerprint density at radius 1 is 0.360 bits per heavy atom. The summed E-state index contributed by atoms with van der Waals surface area (Å²) in [5.41, 5.74) is 9.77. The molecule has 0 N–H and O–H groups in total. The van der Waals surface area contributed by atoms with E-state index < -0.39 is 0 Å². The first kappa shape index (κ1) is 28.4. The number of furan rings is 1. The van der Waals surface area contributed by atoms with Crippen molar-refractivity contribution in [3.63, 3.8) is 0 Å². The molecule has 0 radical (unpaired) electrons. The number of anilines is 3. The molecule has 0 fully saturated rings. The van der Waals surface area contributed by atoms with E-state index in [1.165, 1.54) is 38.2 Å². The highest BCUT2D eigenvalue weighted by Gasteiger charge is 2.23. The molecule has 1 aromatic heterocycles. The monoisotopic (exact) mass is 637 g/mol. The van der Waals surface area contributed by atoms with E-state index in [4.69, 9.17) is 4.42 Å². The molecular formula is C48H31NO. The maximum Gasteiger partial charge on any atom is 0.143 e. The van der Waals surface area contributed by atoms with Gasteiger partial charge in [-0.3, -0.25) is 0 Å².